The Hall–Kier alpha value is -0.329. The van der Waals surface area contributed by atoms with Gasteiger partial charge in [0.15, 0.2) is 43.4 Å². The largest absolute Gasteiger partial charge is 0.454 e. The molecule has 1 aliphatic heterocycles. The molecule has 0 bridgehead atoms. The maximum atomic E-state index is 12.4. The number of ether oxygens (including phenoxy) is 1. The summed E-state index contributed by atoms with van der Waals surface area (Å²) >= 11 is 0. The van der Waals surface area contributed by atoms with E-state index in [0.29, 0.717) is 6.29 Å². The first-order valence-electron chi connectivity index (χ1n) is 8.32. The highest BCUT2D eigenvalue weighted by Crippen LogP contribution is 2.30. The first kappa shape index (κ1) is 21.7. The van der Waals surface area contributed by atoms with Crippen molar-refractivity contribution in [3.8, 4) is 0 Å². The Balaban J connectivity index is 3.12. The molecule has 6 nitrogen and oxygen atoms in total. The van der Waals surface area contributed by atoms with Crippen molar-refractivity contribution in [3.05, 3.63) is 0 Å². The predicted octanol–water partition coefficient (Wildman–Crippen LogP) is 2.77. The quantitative estimate of drug-likeness (QED) is 0.359. The van der Waals surface area contributed by atoms with Crippen LogP contribution in [0.3, 0.4) is 0 Å². The maximum absolute atomic E-state index is 12.4. The molecule has 1 heterocycles. The Morgan fingerprint density at radius 2 is 1.42 bits per heavy atom. The number of aldehydes is 1. The van der Waals surface area contributed by atoms with E-state index in [1.165, 1.54) is 0 Å². The number of hydrogen-bond donors (Lipinski definition) is 0. The summed E-state index contributed by atoms with van der Waals surface area (Å²) in [5.74, 6) is -0.461. The first-order chi connectivity index (χ1) is 10.6. The third-order valence-corrected chi connectivity index (χ3v) is 5.94. The zero-order valence-electron chi connectivity index (χ0n) is 16.3. The molecule has 24 heavy (non-hydrogen) atoms. The average molecular weight is 393 g/mol. The predicted molar refractivity (Wildman–Crippen MR) is 101 cm³/mol. The van der Waals surface area contributed by atoms with Crippen molar-refractivity contribution in [2.45, 2.75) is 83.3 Å². The van der Waals surface area contributed by atoms with E-state index in [1.54, 1.807) is 0 Å². The molecule has 0 radical (unpaired) electrons. The van der Waals surface area contributed by atoms with E-state index in [-0.39, 0.29) is 0 Å². The molecule has 0 amide bonds. The molecule has 140 valence electrons. The minimum absolute atomic E-state index is 0.461. The lowest BCUT2D eigenvalue weighted by Crippen LogP contribution is -2.51. The van der Waals surface area contributed by atoms with Crippen molar-refractivity contribution >= 4 is 37.2 Å². The lowest BCUT2D eigenvalue weighted by Gasteiger charge is -2.34. The van der Waals surface area contributed by atoms with Crippen LogP contribution in [0.2, 0.25) is 58.9 Å². The van der Waals surface area contributed by atoms with Crippen molar-refractivity contribution in [2.75, 3.05) is 0 Å². The maximum Gasteiger partial charge on any atom is 0.337 e. The van der Waals surface area contributed by atoms with Crippen LogP contribution in [-0.2, 0) is 27.6 Å². The van der Waals surface area contributed by atoms with Crippen LogP contribution < -0.4 is 0 Å². The molecule has 0 unspecified atom stereocenters. The average Bonchev–Trinajstić information content (AvgIpc) is 2.60. The van der Waals surface area contributed by atoms with E-state index in [0.717, 1.165) is 0 Å². The number of cyclic esters (lactones) is 1. The van der Waals surface area contributed by atoms with E-state index in [1.807, 2.05) is 58.9 Å². The third kappa shape index (κ3) is 6.89. The standard InChI is InChI=1S/C15H32O6Si3/c1-22(2,3)19-11(10-16)12-13(20-23(4,5)6)14(15(17)18-12)21-24(7,8)9/h10-14H,1-9H3/t11-,12+,13-,14-/m0/s1. The number of hydrogen-bond acceptors (Lipinski definition) is 6. The summed E-state index contributed by atoms with van der Waals surface area (Å²) in [5.41, 5.74) is 0. The fraction of sp³-hybridized carbons (Fsp3) is 0.867. The van der Waals surface area contributed by atoms with E-state index in [2.05, 4.69) is 0 Å². The monoisotopic (exact) mass is 392 g/mol. The van der Waals surface area contributed by atoms with Gasteiger partial charge in [-0.1, -0.05) is 0 Å². The Morgan fingerprint density at radius 3 is 1.79 bits per heavy atom. The van der Waals surface area contributed by atoms with Gasteiger partial charge < -0.3 is 22.8 Å². The molecule has 1 fully saturated rings. The summed E-state index contributed by atoms with van der Waals surface area (Å²) in [6.07, 6.45) is -2.26. The van der Waals surface area contributed by atoms with Crippen molar-refractivity contribution in [3.63, 3.8) is 0 Å². The molecule has 1 saturated heterocycles. The van der Waals surface area contributed by atoms with Gasteiger partial charge in [0.05, 0.1) is 0 Å². The van der Waals surface area contributed by atoms with Crippen molar-refractivity contribution in [1.82, 2.24) is 0 Å². The molecule has 0 N–H and O–H groups in total. The van der Waals surface area contributed by atoms with Crippen molar-refractivity contribution in [1.29, 1.82) is 0 Å². The van der Waals surface area contributed by atoms with Gasteiger partial charge in [0, 0.05) is 0 Å². The summed E-state index contributed by atoms with van der Waals surface area (Å²) in [7, 11) is -5.96. The van der Waals surface area contributed by atoms with Crippen LogP contribution in [-0.4, -0.2) is 61.6 Å². The van der Waals surface area contributed by atoms with E-state index >= 15 is 0 Å². The topological polar surface area (TPSA) is 71.1 Å². The molecule has 0 spiro atoms. The van der Waals surface area contributed by atoms with Gasteiger partial charge in [-0.05, 0) is 58.9 Å². The van der Waals surface area contributed by atoms with Crippen LogP contribution in [0.1, 0.15) is 0 Å². The smallest absolute Gasteiger partial charge is 0.337 e. The van der Waals surface area contributed by atoms with Crippen LogP contribution in [0.4, 0.5) is 0 Å². The minimum Gasteiger partial charge on any atom is -0.454 e. The van der Waals surface area contributed by atoms with Gasteiger partial charge in [-0.15, -0.1) is 0 Å². The molecule has 0 saturated carbocycles. The zero-order valence-corrected chi connectivity index (χ0v) is 19.3. The Labute approximate surface area is 148 Å². The first-order valence-corrected chi connectivity index (χ1v) is 18.5. The van der Waals surface area contributed by atoms with Crippen molar-refractivity contribution < 1.29 is 27.6 Å². The molecule has 4 atom stereocenters. The number of carbonyl (C=O) groups is 2. The lowest BCUT2D eigenvalue weighted by atomic mass is 10.1. The van der Waals surface area contributed by atoms with Gasteiger partial charge in [-0.3, -0.25) is 0 Å². The van der Waals surface area contributed by atoms with E-state index in [4.69, 9.17) is 18.0 Å². The molecule has 1 aliphatic rings. The number of rotatable bonds is 8. The fourth-order valence-electron chi connectivity index (χ4n) is 2.44. The van der Waals surface area contributed by atoms with E-state index in [9.17, 15) is 9.59 Å². The van der Waals surface area contributed by atoms with Gasteiger partial charge in [0.2, 0.25) is 0 Å². The number of esters is 1. The molecule has 0 aromatic rings. The molecule has 1 rings (SSSR count). The zero-order chi connectivity index (χ0) is 18.9. The summed E-state index contributed by atoms with van der Waals surface area (Å²) < 4.78 is 23.7. The van der Waals surface area contributed by atoms with Gasteiger partial charge in [-0.2, -0.15) is 0 Å². The summed E-state index contributed by atoms with van der Waals surface area (Å²) in [5, 5.41) is 0. The SMILES string of the molecule is C[Si](C)(C)O[C@H]1[C@@H]([C@H](C=O)O[Si](C)(C)C)OC(=O)[C@H]1O[Si](C)(C)C. The molecule has 9 heteroatoms. The lowest BCUT2D eigenvalue weighted by molar-refractivity contribution is -0.150. The molecule has 0 aliphatic carbocycles. The highest BCUT2D eigenvalue weighted by Gasteiger charge is 2.53. The summed E-state index contributed by atoms with van der Waals surface area (Å²) in [4.78, 5) is 24.0. The van der Waals surface area contributed by atoms with Gasteiger partial charge >= 0.3 is 5.97 Å². The van der Waals surface area contributed by atoms with Crippen LogP contribution in [0.5, 0.6) is 0 Å². The second kappa shape index (κ2) is 7.50. The highest BCUT2D eigenvalue weighted by molar-refractivity contribution is 6.70. The Morgan fingerprint density at radius 1 is 0.917 bits per heavy atom. The van der Waals surface area contributed by atoms with Crippen molar-refractivity contribution in [2.24, 2.45) is 0 Å². The Bertz CT molecular complexity index is 463. The van der Waals surface area contributed by atoms with Gasteiger partial charge in [0.25, 0.3) is 0 Å². The van der Waals surface area contributed by atoms with Crippen LogP contribution in [0, 0.1) is 0 Å². The van der Waals surface area contributed by atoms with Gasteiger partial charge in [0.1, 0.15) is 12.2 Å². The minimum atomic E-state index is -1.99. The normalized spacial score (nSPS) is 27.0. The molecular formula is C15H32O6Si3. The van der Waals surface area contributed by atoms with Gasteiger partial charge in [-0.25, -0.2) is 4.79 Å². The van der Waals surface area contributed by atoms with Crippen LogP contribution >= 0.6 is 0 Å². The molecule has 0 aromatic heterocycles. The highest BCUT2D eigenvalue weighted by atomic mass is 28.4. The second-order valence-electron chi connectivity index (χ2n) is 9.08. The third-order valence-electron chi connectivity index (χ3n) is 3.02. The molecule has 0 aromatic carbocycles. The number of carbonyl (C=O) groups excluding carboxylic acids is 2. The molecular weight excluding hydrogens is 360 g/mol. The summed E-state index contributed by atoms with van der Waals surface area (Å²) in [6, 6.07) is 0. The summed E-state index contributed by atoms with van der Waals surface area (Å²) in [6.45, 7) is 18.1. The van der Waals surface area contributed by atoms with E-state index < -0.39 is 55.3 Å². The fourth-order valence-corrected chi connectivity index (χ4v) is 5.51. The second-order valence-corrected chi connectivity index (χ2v) is 22.5. The van der Waals surface area contributed by atoms with Crippen LogP contribution in [0.15, 0.2) is 0 Å². The van der Waals surface area contributed by atoms with Crippen LogP contribution in [0.25, 0.3) is 0 Å². The Kier molecular flexibility index (Phi) is 6.79.